The lowest BCUT2D eigenvalue weighted by atomic mass is 9.87. The average molecular weight is 320 g/mol. The van der Waals surface area contributed by atoms with Crippen molar-refractivity contribution in [1.29, 1.82) is 0 Å². The van der Waals surface area contributed by atoms with Gasteiger partial charge in [0, 0.05) is 5.56 Å². The molecule has 3 aromatic rings. The van der Waals surface area contributed by atoms with Gasteiger partial charge >= 0.3 is 0 Å². The van der Waals surface area contributed by atoms with E-state index in [1.807, 2.05) is 31.3 Å². The first-order valence-electron chi connectivity index (χ1n) is 8.28. The Hall–Kier alpha value is -2.55. The third kappa shape index (κ3) is 3.67. The van der Waals surface area contributed by atoms with E-state index in [-0.39, 0.29) is 5.41 Å². The van der Waals surface area contributed by atoms with Crippen LogP contribution in [0.25, 0.3) is 11.3 Å². The molecule has 1 aromatic heterocycles. The van der Waals surface area contributed by atoms with Gasteiger partial charge < -0.3 is 4.84 Å². The molecule has 1 heterocycles. The van der Waals surface area contributed by atoms with Crippen LogP contribution in [-0.2, 0) is 12.0 Å². The molecule has 0 amide bonds. The van der Waals surface area contributed by atoms with Crippen molar-refractivity contribution in [1.82, 2.24) is 9.94 Å². The Morgan fingerprint density at radius 1 is 0.958 bits per heavy atom. The summed E-state index contributed by atoms with van der Waals surface area (Å²) in [5.41, 5.74) is 5.79. The maximum atomic E-state index is 5.81. The van der Waals surface area contributed by atoms with Gasteiger partial charge in [-0.2, -0.15) is 0 Å². The predicted octanol–water partition coefficient (Wildman–Crippen LogP) is 4.78. The normalized spacial score (nSPS) is 11.5. The van der Waals surface area contributed by atoms with E-state index >= 15 is 0 Å². The van der Waals surface area contributed by atoms with Gasteiger partial charge in [-0.25, -0.2) is 0 Å². The smallest absolute Gasteiger partial charge is 0.142 e. The van der Waals surface area contributed by atoms with Crippen molar-refractivity contribution in [3.63, 3.8) is 0 Å². The lowest BCUT2D eigenvalue weighted by Gasteiger charge is -2.19. The summed E-state index contributed by atoms with van der Waals surface area (Å²) in [7, 11) is 0. The zero-order valence-corrected chi connectivity index (χ0v) is 14.8. The van der Waals surface area contributed by atoms with E-state index < -0.39 is 0 Å². The van der Waals surface area contributed by atoms with Crippen LogP contribution in [0.15, 0.2) is 60.8 Å². The van der Waals surface area contributed by atoms with E-state index in [4.69, 9.17) is 4.84 Å². The molecule has 0 unspecified atom stereocenters. The Morgan fingerprint density at radius 3 is 2.25 bits per heavy atom. The van der Waals surface area contributed by atoms with Crippen molar-refractivity contribution in [3.8, 4) is 11.3 Å². The summed E-state index contributed by atoms with van der Waals surface area (Å²) in [4.78, 5) is 7.37. The summed E-state index contributed by atoms with van der Waals surface area (Å²) in [5.74, 6) is 0. The predicted molar refractivity (Wildman–Crippen MR) is 97.8 cm³/mol. The molecule has 3 rings (SSSR count). The van der Waals surface area contributed by atoms with Gasteiger partial charge in [0.15, 0.2) is 0 Å². The fourth-order valence-corrected chi connectivity index (χ4v) is 2.62. The van der Waals surface area contributed by atoms with Gasteiger partial charge in [0.1, 0.15) is 6.61 Å². The second kappa shape index (κ2) is 6.52. The summed E-state index contributed by atoms with van der Waals surface area (Å²) >= 11 is 0. The molecule has 0 N–H and O–H groups in total. The zero-order valence-electron chi connectivity index (χ0n) is 14.8. The van der Waals surface area contributed by atoms with Gasteiger partial charge in [0.25, 0.3) is 0 Å². The third-order valence-corrected chi connectivity index (χ3v) is 4.11. The highest BCUT2D eigenvalue weighted by Crippen LogP contribution is 2.23. The van der Waals surface area contributed by atoms with Crippen molar-refractivity contribution in [2.45, 2.75) is 39.7 Å². The van der Waals surface area contributed by atoms with Crippen LogP contribution < -0.4 is 4.84 Å². The Balaban J connectivity index is 1.69. The largest absolute Gasteiger partial charge is 0.392 e. The van der Waals surface area contributed by atoms with Crippen molar-refractivity contribution >= 4 is 0 Å². The van der Waals surface area contributed by atoms with Crippen LogP contribution in [0.1, 0.15) is 37.5 Å². The molecule has 3 heteroatoms. The standard InChI is InChI=1S/C21H24N2O/c1-16-14-23(22-20(16)18-8-6-5-7-9-18)24-15-17-10-12-19(13-11-17)21(2,3)4/h5-14H,15H2,1-4H3. The molecule has 0 fully saturated rings. The highest BCUT2D eigenvalue weighted by molar-refractivity contribution is 5.61. The molecular formula is C21H24N2O. The second-order valence-electron chi connectivity index (χ2n) is 7.15. The van der Waals surface area contributed by atoms with E-state index in [2.05, 4.69) is 62.3 Å². The summed E-state index contributed by atoms with van der Waals surface area (Å²) in [6.45, 7) is 9.20. The lowest BCUT2D eigenvalue weighted by molar-refractivity contribution is 0.0704. The molecule has 0 aliphatic rings. The monoisotopic (exact) mass is 320 g/mol. The second-order valence-corrected chi connectivity index (χ2v) is 7.15. The number of aryl methyl sites for hydroxylation is 1. The summed E-state index contributed by atoms with van der Waals surface area (Å²) < 4.78 is 0. The minimum absolute atomic E-state index is 0.170. The average Bonchev–Trinajstić information content (AvgIpc) is 2.94. The van der Waals surface area contributed by atoms with Crippen LogP contribution in [0.4, 0.5) is 0 Å². The van der Waals surface area contributed by atoms with Gasteiger partial charge in [-0.3, -0.25) is 0 Å². The van der Waals surface area contributed by atoms with Crippen LogP contribution in [0.2, 0.25) is 0 Å². The van der Waals surface area contributed by atoms with Crippen molar-refractivity contribution in [2.75, 3.05) is 0 Å². The number of hydrogen-bond acceptors (Lipinski definition) is 2. The third-order valence-electron chi connectivity index (χ3n) is 4.11. The molecule has 0 saturated heterocycles. The molecule has 3 nitrogen and oxygen atoms in total. The van der Waals surface area contributed by atoms with E-state index in [1.165, 1.54) is 5.56 Å². The van der Waals surface area contributed by atoms with E-state index in [9.17, 15) is 0 Å². The minimum atomic E-state index is 0.170. The Bertz CT molecular complexity index is 796. The first-order chi connectivity index (χ1) is 11.4. The van der Waals surface area contributed by atoms with Crippen LogP contribution in [-0.4, -0.2) is 9.94 Å². The van der Waals surface area contributed by atoms with Gasteiger partial charge in [-0.05, 0) is 29.0 Å². The number of nitrogens with zero attached hydrogens (tertiary/aromatic N) is 2. The molecule has 0 bridgehead atoms. The Labute approximate surface area is 143 Å². The molecule has 24 heavy (non-hydrogen) atoms. The van der Waals surface area contributed by atoms with Crippen LogP contribution in [0, 0.1) is 6.92 Å². The van der Waals surface area contributed by atoms with Crippen LogP contribution in [0.5, 0.6) is 0 Å². The minimum Gasteiger partial charge on any atom is -0.392 e. The van der Waals surface area contributed by atoms with Gasteiger partial charge in [-0.15, -0.1) is 9.94 Å². The van der Waals surface area contributed by atoms with Gasteiger partial charge in [0.2, 0.25) is 0 Å². The topological polar surface area (TPSA) is 27.1 Å². The molecule has 0 aliphatic heterocycles. The van der Waals surface area contributed by atoms with Crippen molar-refractivity contribution in [2.24, 2.45) is 0 Å². The first kappa shape index (κ1) is 16.3. The zero-order chi connectivity index (χ0) is 17.2. The highest BCUT2D eigenvalue weighted by Gasteiger charge is 2.13. The lowest BCUT2D eigenvalue weighted by Crippen LogP contribution is -2.13. The maximum absolute atomic E-state index is 5.81. The molecule has 0 radical (unpaired) electrons. The van der Waals surface area contributed by atoms with Crippen LogP contribution >= 0.6 is 0 Å². The number of aromatic nitrogens is 2. The molecule has 124 valence electrons. The SMILES string of the molecule is Cc1cn(OCc2ccc(C(C)(C)C)cc2)nc1-c1ccccc1. The summed E-state index contributed by atoms with van der Waals surface area (Å²) in [5, 5.41) is 4.55. The quantitative estimate of drug-likeness (QED) is 0.691. The van der Waals surface area contributed by atoms with Crippen molar-refractivity contribution in [3.05, 3.63) is 77.5 Å². The highest BCUT2D eigenvalue weighted by atomic mass is 16.7. The summed E-state index contributed by atoms with van der Waals surface area (Å²) in [6.07, 6.45) is 1.92. The molecule has 0 atom stereocenters. The van der Waals surface area contributed by atoms with Gasteiger partial charge in [0.05, 0.1) is 11.9 Å². The molecule has 2 aromatic carbocycles. The van der Waals surface area contributed by atoms with Crippen molar-refractivity contribution < 1.29 is 4.84 Å². The number of hydrogen-bond donors (Lipinski definition) is 0. The molecule has 0 aliphatic carbocycles. The van der Waals surface area contributed by atoms with E-state index in [0.717, 1.165) is 22.4 Å². The number of rotatable bonds is 4. The first-order valence-corrected chi connectivity index (χ1v) is 8.28. The van der Waals surface area contributed by atoms with E-state index in [0.29, 0.717) is 6.61 Å². The maximum Gasteiger partial charge on any atom is 0.142 e. The fraction of sp³-hybridized carbons (Fsp3) is 0.286. The Kier molecular flexibility index (Phi) is 4.43. The fourth-order valence-electron chi connectivity index (χ4n) is 2.62. The summed E-state index contributed by atoms with van der Waals surface area (Å²) in [6, 6.07) is 18.7. The van der Waals surface area contributed by atoms with E-state index in [1.54, 1.807) is 4.85 Å². The molecule has 0 saturated carbocycles. The van der Waals surface area contributed by atoms with Gasteiger partial charge in [-0.1, -0.05) is 75.4 Å². The molecular weight excluding hydrogens is 296 g/mol. The van der Waals surface area contributed by atoms with Crippen LogP contribution in [0.3, 0.4) is 0 Å². The number of benzene rings is 2. The Morgan fingerprint density at radius 2 is 1.62 bits per heavy atom. The molecule has 0 spiro atoms.